The molecule has 0 saturated carbocycles. The number of benzene rings is 3. The fraction of sp³-hybridized carbons (Fsp3) is 0.0769. The molecule has 5 rings (SSSR count). The standard InChI is InChI=1S/C26H20N2O2S2/c1-2-27-21-17-19(18-9-5-3-6-10-18)13-14-22(21)30-24(27)16-15-23-25(29)28(26(31)32-23)20-11-7-4-8-12-20/h3-17H,2H2,1H3/b23-15-,24-16+. The summed E-state index contributed by atoms with van der Waals surface area (Å²) in [5.41, 5.74) is 4.09. The molecule has 0 unspecified atom stereocenters. The summed E-state index contributed by atoms with van der Waals surface area (Å²) in [6.07, 6.45) is 3.65. The van der Waals surface area contributed by atoms with Crippen LogP contribution in [-0.2, 0) is 4.79 Å². The Morgan fingerprint density at radius 1 is 0.938 bits per heavy atom. The van der Waals surface area contributed by atoms with Gasteiger partial charge in [0.2, 0.25) is 5.88 Å². The van der Waals surface area contributed by atoms with Gasteiger partial charge in [-0.2, -0.15) is 0 Å². The van der Waals surface area contributed by atoms with Crippen molar-refractivity contribution in [3.8, 4) is 16.9 Å². The molecule has 2 aliphatic heterocycles. The van der Waals surface area contributed by atoms with E-state index in [2.05, 4.69) is 36.1 Å². The predicted molar refractivity (Wildman–Crippen MR) is 136 cm³/mol. The highest BCUT2D eigenvalue weighted by molar-refractivity contribution is 8.27. The fourth-order valence-electron chi connectivity index (χ4n) is 3.79. The molecule has 158 valence electrons. The van der Waals surface area contributed by atoms with Gasteiger partial charge in [0.25, 0.3) is 5.91 Å². The third-order valence-electron chi connectivity index (χ3n) is 5.34. The van der Waals surface area contributed by atoms with Crippen molar-refractivity contribution in [1.82, 2.24) is 0 Å². The number of thiocarbonyl (C=S) groups is 1. The molecule has 1 amide bonds. The number of ether oxygens (including phenoxy) is 1. The minimum absolute atomic E-state index is 0.118. The average Bonchev–Trinajstić information content (AvgIpc) is 3.33. The molecule has 4 nitrogen and oxygen atoms in total. The smallest absolute Gasteiger partial charge is 0.270 e. The highest BCUT2D eigenvalue weighted by atomic mass is 32.2. The maximum Gasteiger partial charge on any atom is 0.270 e. The molecule has 1 fully saturated rings. The van der Waals surface area contributed by atoms with E-state index in [9.17, 15) is 4.79 Å². The summed E-state index contributed by atoms with van der Waals surface area (Å²) in [5.74, 6) is 1.38. The number of para-hydroxylation sites is 1. The van der Waals surface area contributed by atoms with E-state index >= 15 is 0 Å². The van der Waals surface area contributed by atoms with E-state index in [1.165, 1.54) is 11.8 Å². The minimum atomic E-state index is -0.118. The number of rotatable bonds is 4. The first-order chi connectivity index (χ1) is 15.7. The topological polar surface area (TPSA) is 32.8 Å². The number of hydrogen-bond acceptors (Lipinski definition) is 5. The molecule has 3 aromatic rings. The molecule has 0 bridgehead atoms. The van der Waals surface area contributed by atoms with Crippen LogP contribution in [-0.4, -0.2) is 16.8 Å². The van der Waals surface area contributed by atoms with Crippen molar-refractivity contribution >= 4 is 45.6 Å². The Morgan fingerprint density at radius 2 is 1.66 bits per heavy atom. The van der Waals surface area contributed by atoms with Gasteiger partial charge in [-0.3, -0.25) is 9.69 Å². The van der Waals surface area contributed by atoms with Gasteiger partial charge in [-0.15, -0.1) is 0 Å². The molecule has 2 heterocycles. The first kappa shape index (κ1) is 20.5. The Labute approximate surface area is 196 Å². The number of fused-ring (bicyclic) bond motifs is 1. The van der Waals surface area contributed by atoms with Crippen molar-refractivity contribution in [3.63, 3.8) is 0 Å². The van der Waals surface area contributed by atoms with Crippen molar-refractivity contribution in [3.05, 3.63) is 102 Å². The summed E-state index contributed by atoms with van der Waals surface area (Å²) < 4.78 is 6.64. The monoisotopic (exact) mass is 456 g/mol. The van der Waals surface area contributed by atoms with Gasteiger partial charge >= 0.3 is 0 Å². The molecular formula is C26H20N2O2S2. The van der Waals surface area contributed by atoms with Gasteiger partial charge in [0.1, 0.15) is 0 Å². The summed E-state index contributed by atoms with van der Waals surface area (Å²) in [6, 6.07) is 25.9. The van der Waals surface area contributed by atoms with E-state index in [0.717, 1.165) is 34.8 Å². The van der Waals surface area contributed by atoms with Gasteiger partial charge in [0.15, 0.2) is 10.1 Å². The normalized spacial score (nSPS) is 17.9. The Hall–Kier alpha value is -3.35. The number of anilines is 2. The summed E-state index contributed by atoms with van der Waals surface area (Å²) in [4.78, 5) is 17.2. The van der Waals surface area contributed by atoms with E-state index in [4.69, 9.17) is 17.0 Å². The van der Waals surface area contributed by atoms with Crippen LogP contribution >= 0.6 is 24.0 Å². The largest absolute Gasteiger partial charge is 0.439 e. The van der Waals surface area contributed by atoms with Gasteiger partial charge in [-0.1, -0.05) is 78.6 Å². The molecule has 3 aromatic carbocycles. The summed E-state index contributed by atoms with van der Waals surface area (Å²) in [7, 11) is 0. The zero-order valence-corrected chi connectivity index (χ0v) is 19.0. The van der Waals surface area contributed by atoms with Gasteiger partial charge in [0.05, 0.1) is 16.3 Å². The lowest BCUT2D eigenvalue weighted by Crippen LogP contribution is -2.27. The van der Waals surface area contributed by atoms with E-state index in [1.807, 2.05) is 60.7 Å². The second-order valence-electron chi connectivity index (χ2n) is 7.27. The van der Waals surface area contributed by atoms with Gasteiger partial charge in [-0.25, -0.2) is 0 Å². The lowest BCUT2D eigenvalue weighted by Gasteiger charge is -2.16. The summed E-state index contributed by atoms with van der Waals surface area (Å²) >= 11 is 6.76. The second-order valence-corrected chi connectivity index (χ2v) is 8.95. The van der Waals surface area contributed by atoms with Crippen LogP contribution in [0.2, 0.25) is 0 Å². The molecule has 0 aliphatic carbocycles. The molecule has 0 radical (unpaired) electrons. The highest BCUT2D eigenvalue weighted by Crippen LogP contribution is 2.42. The number of carbonyl (C=O) groups is 1. The first-order valence-electron chi connectivity index (χ1n) is 10.3. The Kier molecular flexibility index (Phi) is 5.55. The zero-order chi connectivity index (χ0) is 22.1. The van der Waals surface area contributed by atoms with Crippen LogP contribution in [0.4, 0.5) is 11.4 Å². The Balaban J connectivity index is 1.42. The van der Waals surface area contributed by atoms with Crippen LogP contribution in [0.1, 0.15) is 6.92 Å². The Bertz CT molecular complexity index is 1250. The number of amides is 1. The van der Waals surface area contributed by atoms with Crippen LogP contribution in [0.15, 0.2) is 102 Å². The molecule has 32 heavy (non-hydrogen) atoms. The van der Waals surface area contributed by atoms with Crippen molar-refractivity contribution in [2.75, 3.05) is 16.3 Å². The third-order valence-corrected chi connectivity index (χ3v) is 6.66. The SMILES string of the molecule is CCN1/C(=C\C=C2/SC(=S)N(c3ccccc3)C2=O)Oc2ccc(-c3ccccc3)cc21. The van der Waals surface area contributed by atoms with Crippen molar-refractivity contribution < 1.29 is 9.53 Å². The number of hydrogen-bond donors (Lipinski definition) is 0. The molecule has 0 atom stereocenters. The maximum atomic E-state index is 13.0. The maximum absolute atomic E-state index is 13.0. The average molecular weight is 457 g/mol. The number of thioether (sulfide) groups is 1. The van der Waals surface area contributed by atoms with Crippen molar-refractivity contribution in [1.29, 1.82) is 0 Å². The molecule has 2 aliphatic rings. The quantitative estimate of drug-likeness (QED) is 0.337. The summed E-state index contributed by atoms with van der Waals surface area (Å²) in [5, 5.41) is 0. The van der Waals surface area contributed by atoms with Gasteiger partial charge in [-0.05, 0) is 48.4 Å². The lowest BCUT2D eigenvalue weighted by molar-refractivity contribution is -0.113. The van der Waals surface area contributed by atoms with Crippen LogP contribution in [0.5, 0.6) is 5.75 Å². The molecule has 1 saturated heterocycles. The van der Waals surface area contributed by atoms with Crippen LogP contribution < -0.4 is 14.5 Å². The molecule has 0 aromatic heterocycles. The van der Waals surface area contributed by atoms with Crippen molar-refractivity contribution in [2.45, 2.75) is 6.92 Å². The molecule has 6 heteroatoms. The van der Waals surface area contributed by atoms with E-state index in [1.54, 1.807) is 11.0 Å². The molecular weight excluding hydrogens is 436 g/mol. The zero-order valence-electron chi connectivity index (χ0n) is 17.4. The molecule has 0 N–H and O–H groups in total. The van der Waals surface area contributed by atoms with E-state index in [0.29, 0.717) is 15.1 Å². The van der Waals surface area contributed by atoms with E-state index < -0.39 is 0 Å². The number of carbonyl (C=O) groups excluding carboxylic acids is 1. The highest BCUT2D eigenvalue weighted by Gasteiger charge is 2.33. The first-order valence-corrected chi connectivity index (χ1v) is 11.6. The lowest BCUT2D eigenvalue weighted by atomic mass is 10.0. The molecule has 0 spiro atoms. The van der Waals surface area contributed by atoms with Gasteiger partial charge < -0.3 is 9.64 Å². The Morgan fingerprint density at radius 3 is 2.38 bits per heavy atom. The summed E-state index contributed by atoms with van der Waals surface area (Å²) in [6.45, 7) is 2.83. The third kappa shape index (κ3) is 3.72. The fourth-order valence-corrected chi connectivity index (χ4v) is 5.03. The van der Waals surface area contributed by atoms with Crippen LogP contribution in [0, 0.1) is 0 Å². The van der Waals surface area contributed by atoms with Crippen LogP contribution in [0.25, 0.3) is 11.1 Å². The van der Waals surface area contributed by atoms with E-state index in [-0.39, 0.29) is 5.91 Å². The number of nitrogens with zero attached hydrogens (tertiary/aromatic N) is 2. The number of allylic oxidation sites excluding steroid dienone is 2. The van der Waals surface area contributed by atoms with Crippen LogP contribution in [0.3, 0.4) is 0 Å². The predicted octanol–water partition coefficient (Wildman–Crippen LogP) is 6.36. The van der Waals surface area contributed by atoms with Gasteiger partial charge in [0, 0.05) is 12.6 Å². The van der Waals surface area contributed by atoms with Crippen molar-refractivity contribution in [2.24, 2.45) is 0 Å². The minimum Gasteiger partial charge on any atom is -0.439 e. The second kappa shape index (κ2) is 8.65.